The third-order valence-corrected chi connectivity index (χ3v) is 4.93. The molecule has 8 heteroatoms. The Morgan fingerprint density at radius 2 is 2.05 bits per heavy atom. The summed E-state index contributed by atoms with van der Waals surface area (Å²) in [5.41, 5.74) is 1.23. The SMILES string of the molecule is CNC(=O)CN(c1ccccc1C)S(=O)(=O)c1cnn(C)c1. The quantitative estimate of drug-likeness (QED) is 0.877. The van der Waals surface area contributed by atoms with Crippen LogP contribution in [0.15, 0.2) is 41.6 Å². The van der Waals surface area contributed by atoms with Crippen molar-refractivity contribution < 1.29 is 13.2 Å². The van der Waals surface area contributed by atoms with Crippen LogP contribution in [0.2, 0.25) is 0 Å². The van der Waals surface area contributed by atoms with Gasteiger partial charge in [-0.3, -0.25) is 13.8 Å². The summed E-state index contributed by atoms with van der Waals surface area (Å²) >= 11 is 0. The fourth-order valence-corrected chi connectivity index (χ4v) is 3.48. The molecule has 0 saturated heterocycles. The molecule has 2 aromatic rings. The predicted octanol–water partition coefficient (Wildman–Crippen LogP) is 0.670. The Kier molecular flexibility index (Phi) is 4.51. The smallest absolute Gasteiger partial charge is 0.267 e. The second-order valence-corrected chi connectivity index (χ2v) is 6.68. The summed E-state index contributed by atoms with van der Waals surface area (Å²) in [6.07, 6.45) is 2.68. The first kappa shape index (κ1) is 16.0. The van der Waals surface area contributed by atoms with E-state index in [9.17, 15) is 13.2 Å². The Bertz CT molecular complexity index is 783. The van der Waals surface area contributed by atoms with Gasteiger partial charge >= 0.3 is 0 Å². The van der Waals surface area contributed by atoms with E-state index in [-0.39, 0.29) is 11.4 Å². The molecule has 2 rings (SSSR count). The van der Waals surface area contributed by atoms with Crippen molar-refractivity contribution in [3.05, 3.63) is 42.2 Å². The molecule has 0 atom stereocenters. The first-order chi connectivity index (χ1) is 10.4. The van der Waals surface area contributed by atoms with Crippen LogP contribution in [0, 0.1) is 6.92 Å². The number of benzene rings is 1. The number of nitrogens with zero attached hydrogens (tertiary/aromatic N) is 3. The number of anilines is 1. The van der Waals surface area contributed by atoms with Crippen LogP contribution in [0.25, 0.3) is 0 Å². The maximum absolute atomic E-state index is 12.8. The van der Waals surface area contributed by atoms with Gasteiger partial charge in [0.25, 0.3) is 10.0 Å². The Balaban J connectivity index is 2.54. The second-order valence-electron chi connectivity index (χ2n) is 4.82. The van der Waals surface area contributed by atoms with E-state index in [2.05, 4.69) is 10.4 Å². The second kappa shape index (κ2) is 6.18. The molecule has 7 nitrogen and oxygen atoms in total. The number of hydrogen-bond acceptors (Lipinski definition) is 4. The molecular formula is C14H18N4O3S. The summed E-state index contributed by atoms with van der Waals surface area (Å²) in [6.45, 7) is 1.50. The van der Waals surface area contributed by atoms with Gasteiger partial charge in [-0.2, -0.15) is 5.10 Å². The van der Waals surface area contributed by atoms with Crippen LogP contribution in [-0.4, -0.2) is 37.7 Å². The summed E-state index contributed by atoms with van der Waals surface area (Å²) in [5.74, 6) is -0.393. The van der Waals surface area contributed by atoms with Gasteiger partial charge < -0.3 is 5.32 Å². The predicted molar refractivity (Wildman–Crippen MR) is 83.0 cm³/mol. The Labute approximate surface area is 129 Å². The lowest BCUT2D eigenvalue weighted by atomic mass is 10.2. The number of carbonyl (C=O) groups excluding carboxylic acids is 1. The average Bonchev–Trinajstić information content (AvgIpc) is 2.92. The zero-order valence-electron chi connectivity index (χ0n) is 12.6. The molecule has 0 aliphatic carbocycles. The fraction of sp³-hybridized carbons (Fsp3) is 0.286. The summed E-state index contributed by atoms with van der Waals surface area (Å²) in [4.78, 5) is 11.8. The number of carbonyl (C=O) groups is 1. The van der Waals surface area contributed by atoms with Crippen LogP contribution >= 0.6 is 0 Å². The molecule has 1 N–H and O–H groups in total. The first-order valence-corrected chi connectivity index (χ1v) is 8.08. The molecule has 22 heavy (non-hydrogen) atoms. The summed E-state index contributed by atoms with van der Waals surface area (Å²) in [7, 11) is -0.770. The van der Waals surface area contributed by atoms with Crippen LogP contribution in [-0.2, 0) is 21.9 Å². The van der Waals surface area contributed by atoms with Gasteiger partial charge in [0, 0.05) is 20.3 Å². The summed E-state index contributed by atoms with van der Waals surface area (Å²) < 4.78 is 28.2. The highest BCUT2D eigenvalue weighted by Gasteiger charge is 2.28. The molecule has 118 valence electrons. The minimum Gasteiger partial charge on any atom is -0.358 e. The lowest BCUT2D eigenvalue weighted by molar-refractivity contribution is -0.119. The number of nitrogens with one attached hydrogen (secondary N) is 1. The van der Waals surface area contributed by atoms with E-state index in [4.69, 9.17) is 0 Å². The van der Waals surface area contributed by atoms with Gasteiger partial charge in [-0.05, 0) is 18.6 Å². The van der Waals surface area contributed by atoms with E-state index in [0.29, 0.717) is 5.69 Å². The number of para-hydroxylation sites is 1. The van der Waals surface area contributed by atoms with Gasteiger partial charge in [0.15, 0.2) is 0 Å². The van der Waals surface area contributed by atoms with Gasteiger partial charge in [0.1, 0.15) is 11.4 Å². The molecule has 1 aromatic carbocycles. The Morgan fingerprint density at radius 3 is 2.59 bits per heavy atom. The average molecular weight is 322 g/mol. The normalized spacial score (nSPS) is 11.2. The van der Waals surface area contributed by atoms with Crippen molar-refractivity contribution in [1.82, 2.24) is 15.1 Å². The van der Waals surface area contributed by atoms with Crippen molar-refractivity contribution in [1.29, 1.82) is 0 Å². The molecule has 0 fully saturated rings. The van der Waals surface area contributed by atoms with Crippen molar-refractivity contribution in [2.75, 3.05) is 17.9 Å². The van der Waals surface area contributed by atoms with Gasteiger partial charge in [0.05, 0.1) is 11.9 Å². The molecule has 0 bridgehead atoms. The maximum Gasteiger partial charge on any atom is 0.267 e. The van der Waals surface area contributed by atoms with Crippen molar-refractivity contribution in [2.24, 2.45) is 7.05 Å². The number of likely N-dealkylation sites (N-methyl/N-ethyl adjacent to an activating group) is 1. The third-order valence-electron chi connectivity index (χ3n) is 3.22. The largest absolute Gasteiger partial charge is 0.358 e. The minimum atomic E-state index is -3.87. The summed E-state index contributed by atoms with van der Waals surface area (Å²) in [5, 5.41) is 6.34. The van der Waals surface area contributed by atoms with E-state index in [1.54, 1.807) is 32.2 Å². The lowest BCUT2D eigenvalue weighted by Gasteiger charge is -2.24. The van der Waals surface area contributed by atoms with Crippen molar-refractivity contribution in [2.45, 2.75) is 11.8 Å². The van der Waals surface area contributed by atoms with E-state index in [1.165, 1.54) is 24.1 Å². The van der Waals surface area contributed by atoms with Gasteiger partial charge in [-0.1, -0.05) is 18.2 Å². The van der Waals surface area contributed by atoms with Crippen molar-refractivity contribution in [3.63, 3.8) is 0 Å². The van der Waals surface area contributed by atoms with Crippen LogP contribution in [0.4, 0.5) is 5.69 Å². The molecule has 0 saturated carbocycles. The molecule has 1 amide bonds. The fourth-order valence-electron chi connectivity index (χ4n) is 2.01. The van der Waals surface area contributed by atoms with Crippen LogP contribution in [0.5, 0.6) is 0 Å². The molecule has 0 aliphatic rings. The van der Waals surface area contributed by atoms with Gasteiger partial charge in [0.2, 0.25) is 5.91 Å². The number of aryl methyl sites for hydroxylation is 2. The number of hydrogen-bond donors (Lipinski definition) is 1. The number of aromatic nitrogens is 2. The van der Waals surface area contributed by atoms with Crippen molar-refractivity contribution in [3.8, 4) is 0 Å². The molecular weight excluding hydrogens is 304 g/mol. The molecule has 0 spiro atoms. The Morgan fingerprint density at radius 1 is 1.36 bits per heavy atom. The molecule has 1 aromatic heterocycles. The lowest BCUT2D eigenvalue weighted by Crippen LogP contribution is -2.40. The zero-order valence-corrected chi connectivity index (χ0v) is 13.5. The summed E-state index contributed by atoms with van der Waals surface area (Å²) in [6, 6.07) is 7.02. The van der Waals surface area contributed by atoms with E-state index >= 15 is 0 Å². The number of rotatable bonds is 5. The number of amides is 1. The van der Waals surface area contributed by atoms with Crippen LogP contribution in [0.3, 0.4) is 0 Å². The third kappa shape index (κ3) is 3.11. The van der Waals surface area contributed by atoms with E-state index < -0.39 is 15.9 Å². The molecule has 0 radical (unpaired) electrons. The first-order valence-electron chi connectivity index (χ1n) is 6.64. The molecule has 1 heterocycles. The Hall–Kier alpha value is -2.35. The molecule has 0 aliphatic heterocycles. The number of sulfonamides is 1. The van der Waals surface area contributed by atoms with Crippen LogP contribution in [0.1, 0.15) is 5.56 Å². The highest BCUT2D eigenvalue weighted by atomic mass is 32.2. The molecule has 0 unspecified atom stereocenters. The zero-order chi connectivity index (χ0) is 16.3. The van der Waals surface area contributed by atoms with E-state index in [1.807, 2.05) is 6.07 Å². The van der Waals surface area contributed by atoms with Gasteiger partial charge in [-0.15, -0.1) is 0 Å². The van der Waals surface area contributed by atoms with E-state index in [0.717, 1.165) is 9.87 Å². The highest BCUT2D eigenvalue weighted by molar-refractivity contribution is 7.92. The van der Waals surface area contributed by atoms with Gasteiger partial charge in [-0.25, -0.2) is 8.42 Å². The standard InChI is InChI=1S/C14H18N4O3S/c1-11-6-4-5-7-13(11)18(10-14(19)15-2)22(20,21)12-8-16-17(3)9-12/h4-9H,10H2,1-3H3,(H,15,19). The van der Waals surface area contributed by atoms with Crippen molar-refractivity contribution >= 4 is 21.6 Å². The maximum atomic E-state index is 12.8. The minimum absolute atomic E-state index is 0.0437. The highest BCUT2D eigenvalue weighted by Crippen LogP contribution is 2.26. The topological polar surface area (TPSA) is 84.3 Å². The van der Waals surface area contributed by atoms with Crippen LogP contribution < -0.4 is 9.62 Å². The monoisotopic (exact) mass is 322 g/mol.